The fraction of sp³-hybridized carbons (Fsp3) is 0.235. The lowest BCUT2D eigenvalue weighted by Crippen LogP contribution is -2.24. The molecule has 0 aromatic heterocycles. The molecule has 0 spiro atoms. The lowest BCUT2D eigenvalue weighted by molar-refractivity contribution is -0.116. The van der Waals surface area contributed by atoms with E-state index in [1.54, 1.807) is 24.3 Å². The quantitative estimate of drug-likeness (QED) is 0.834. The van der Waals surface area contributed by atoms with Crippen molar-refractivity contribution in [2.45, 2.75) is 6.42 Å². The Balaban J connectivity index is 1.84. The molecule has 2 rings (SSSR count). The molecule has 0 fully saturated rings. The van der Waals surface area contributed by atoms with Crippen LogP contribution in [-0.2, 0) is 14.8 Å². The fourth-order valence-electron chi connectivity index (χ4n) is 1.95. The second-order valence-corrected chi connectivity index (χ2v) is 7.25. The average molecular weight is 348 g/mol. The number of hydrogen-bond donors (Lipinski definition) is 1. The summed E-state index contributed by atoms with van der Waals surface area (Å²) in [7, 11) is -1.82. The summed E-state index contributed by atoms with van der Waals surface area (Å²) in [5, 5.41) is 2.75. The molecule has 0 aliphatic rings. The van der Waals surface area contributed by atoms with Gasteiger partial charge in [-0.1, -0.05) is 18.2 Å². The SMILES string of the molecule is CN(c1ccc(NC(=O)CCOc2ccccc2)cc1)S(C)(=O)=O. The number of ether oxygens (including phenoxy) is 1. The second-order valence-electron chi connectivity index (χ2n) is 5.24. The zero-order chi connectivity index (χ0) is 17.6. The van der Waals surface area contributed by atoms with E-state index in [4.69, 9.17) is 4.74 Å². The van der Waals surface area contributed by atoms with Crippen LogP contribution in [0.15, 0.2) is 54.6 Å². The molecule has 2 aromatic rings. The van der Waals surface area contributed by atoms with Crippen molar-refractivity contribution in [3.05, 3.63) is 54.6 Å². The topological polar surface area (TPSA) is 75.7 Å². The Labute approximate surface area is 142 Å². The predicted molar refractivity (Wildman–Crippen MR) is 94.9 cm³/mol. The molecule has 0 heterocycles. The van der Waals surface area contributed by atoms with Gasteiger partial charge >= 0.3 is 0 Å². The molecule has 6 nitrogen and oxygen atoms in total. The molecule has 2 aromatic carbocycles. The van der Waals surface area contributed by atoms with E-state index < -0.39 is 10.0 Å². The van der Waals surface area contributed by atoms with Crippen LogP contribution in [0.5, 0.6) is 5.75 Å². The first-order valence-electron chi connectivity index (χ1n) is 7.38. The third-order valence-electron chi connectivity index (χ3n) is 3.35. The maximum atomic E-state index is 11.9. The number of nitrogens with one attached hydrogen (secondary N) is 1. The Morgan fingerprint density at radius 2 is 1.71 bits per heavy atom. The van der Waals surface area contributed by atoms with Crippen LogP contribution in [-0.4, -0.2) is 34.2 Å². The van der Waals surface area contributed by atoms with Crippen LogP contribution >= 0.6 is 0 Å². The third kappa shape index (κ3) is 5.27. The predicted octanol–water partition coefficient (Wildman–Crippen LogP) is 2.49. The van der Waals surface area contributed by atoms with Gasteiger partial charge in [-0.3, -0.25) is 9.10 Å². The van der Waals surface area contributed by atoms with E-state index in [0.717, 1.165) is 12.0 Å². The van der Waals surface area contributed by atoms with Crippen LogP contribution in [0.4, 0.5) is 11.4 Å². The van der Waals surface area contributed by atoms with Crippen molar-refractivity contribution in [3.63, 3.8) is 0 Å². The van der Waals surface area contributed by atoms with Gasteiger partial charge in [-0.2, -0.15) is 0 Å². The summed E-state index contributed by atoms with van der Waals surface area (Å²) in [5.74, 6) is 0.550. The van der Waals surface area contributed by atoms with Crippen molar-refractivity contribution in [2.75, 3.05) is 29.5 Å². The number of amides is 1. The molecular weight excluding hydrogens is 328 g/mol. The van der Waals surface area contributed by atoms with Gasteiger partial charge in [0.15, 0.2) is 0 Å². The molecule has 1 amide bonds. The van der Waals surface area contributed by atoms with Crippen LogP contribution in [0.1, 0.15) is 6.42 Å². The highest BCUT2D eigenvalue weighted by molar-refractivity contribution is 7.92. The fourth-order valence-corrected chi connectivity index (χ4v) is 2.45. The van der Waals surface area contributed by atoms with Gasteiger partial charge in [-0.25, -0.2) is 8.42 Å². The number of hydrogen-bond acceptors (Lipinski definition) is 4. The zero-order valence-corrected chi connectivity index (χ0v) is 14.4. The molecule has 0 saturated carbocycles. The summed E-state index contributed by atoms with van der Waals surface area (Å²) in [6, 6.07) is 15.9. The van der Waals surface area contributed by atoms with E-state index in [0.29, 0.717) is 11.4 Å². The molecular formula is C17H20N2O4S. The Morgan fingerprint density at radius 1 is 1.08 bits per heavy atom. The van der Waals surface area contributed by atoms with Gasteiger partial charge in [0.05, 0.1) is 25.0 Å². The summed E-state index contributed by atoms with van der Waals surface area (Å²) >= 11 is 0. The van der Waals surface area contributed by atoms with Gasteiger partial charge < -0.3 is 10.1 Å². The maximum absolute atomic E-state index is 11.9. The van der Waals surface area contributed by atoms with E-state index in [2.05, 4.69) is 5.32 Å². The van der Waals surface area contributed by atoms with E-state index >= 15 is 0 Å². The molecule has 128 valence electrons. The Kier molecular flexibility index (Phi) is 5.81. The highest BCUT2D eigenvalue weighted by Gasteiger charge is 2.11. The molecule has 0 radical (unpaired) electrons. The van der Waals surface area contributed by atoms with Crippen LogP contribution < -0.4 is 14.4 Å². The lowest BCUT2D eigenvalue weighted by Gasteiger charge is -2.16. The van der Waals surface area contributed by atoms with Gasteiger partial charge in [0.1, 0.15) is 5.75 Å². The molecule has 0 unspecified atom stereocenters. The molecule has 0 saturated heterocycles. The highest BCUT2D eigenvalue weighted by Crippen LogP contribution is 2.19. The summed E-state index contributed by atoms with van der Waals surface area (Å²) in [6.45, 7) is 0.282. The Morgan fingerprint density at radius 3 is 2.29 bits per heavy atom. The van der Waals surface area contributed by atoms with E-state index in [9.17, 15) is 13.2 Å². The first-order chi connectivity index (χ1) is 11.4. The first-order valence-corrected chi connectivity index (χ1v) is 9.23. The molecule has 0 bridgehead atoms. The zero-order valence-electron chi connectivity index (χ0n) is 13.6. The number of nitrogens with zero attached hydrogens (tertiary/aromatic N) is 1. The van der Waals surface area contributed by atoms with Crippen molar-refractivity contribution >= 4 is 27.3 Å². The average Bonchev–Trinajstić information content (AvgIpc) is 2.55. The van der Waals surface area contributed by atoms with Crippen LogP contribution in [0.2, 0.25) is 0 Å². The first kappa shape index (κ1) is 17.8. The van der Waals surface area contributed by atoms with Crippen molar-refractivity contribution in [3.8, 4) is 5.75 Å². The molecule has 0 aliphatic carbocycles. The van der Waals surface area contributed by atoms with Gasteiger partial charge in [0, 0.05) is 12.7 Å². The number of carbonyl (C=O) groups is 1. The molecule has 24 heavy (non-hydrogen) atoms. The van der Waals surface area contributed by atoms with Crippen molar-refractivity contribution < 1.29 is 17.9 Å². The maximum Gasteiger partial charge on any atom is 0.231 e. The second kappa shape index (κ2) is 7.83. The summed E-state index contributed by atoms with van der Waals surface area (Å²) in [5.41, 5.74) is 1.13. The van der Waals surface area contributed by atoms with Crippen molar-refractivity contribution in [2.24, 2.45) is 0 Å². The highest BCUT2D eigenvalue weighted by atomic mass is 32.2. The van der Waals surface area contributed by atoms with Gasteiger partial charge in [0.25, 0.3) is 0 Å². The Bertz CT molecular complexity index is 774. The van der Waals surface area contributed by atoms with E-state index in [1.165, 1.54) is 11.4 Å². The van der Waals surface area contributed by atoms with Crippen molar-refractivity contribution in [1.29, 1.82) is 0 Å². The number of carbonyl (C=O) groups excluding carboxylic acids is 1. The lowest BCUT2D eigenvalue weighted by atomic mass is 10.2. The van der Waals surface area contributed by atoms with Crippen LogP contribution in [0.25, 0.3) is 0 Å². The summed E-state index contributed by atoms with van der Waals surface area (Å²) in [4.78, 5) is 11.9. The van der Waals surface area contributed by atoms with Gasteiger partial charge in [-0.15, -0.1) is 0 Å². The minimum atomic E-state index is -3.30. The van der Waals surface area contributed by atoms with Crippen LogP contribution in [0.3, 0.4) is 0 Å². The Hall–Kier alpha value is -2.54. The number of rotatable bonds is 7. The third-order valence-corrected chi connectivity index (χ3v) is 4.56. The number of benzene rings is 2. The van der Waals surface area contributed by atoms with Crippen LogP contribution in [0, 0.1) is 0 Å². The standard InChI is InChI=1S/C17H20N2O4S/c1-19(24(2,21)22)15-10-8-14(9-11-15)18-17(20)12-13-23-16-6-4-3-5-7-16/h3-11H,12-13H2,1-2H3,(H,18,20). The van der Waals surface area contributed by atoms with Gasteiger partial charge in [-0.05, 0) is 36.4 Å². The largest absolute Gasteiger partial charge is 0.493 e. The number of para-hydroxylation sites is 1. The smallest absolute Gasteiger partial charge is 0.231 e. The minimum absolute atomic E-state index is 0.171. The van der Waals surface area contributed by atoms with Crippen molar-refractivity contribution in [1.82, 2.24) is 0 Å². The minimum Gasteiger partial charge on any atom is -0.493 e. The molecule has 0 aliphatic heterocycles. The normalized spacial score (nSPS) is 10.9. The monoisotopic (exact) mass is 348 g/mol. The molecule has 0 atom stereocenters. The summed E-state index contributed by atoms with van der Waals surface area (Å²) in [6.07, 6.45) is 1.36. The van der Waals surface area contributed by atoms with E-state index in [-0.39, 0.29) is 18.9 Å². The van der Waals surface area contributed by atoms with E-state index in [1.807, 2.05) is 30.3 Å². The van der Waals surface area contributed by atoms with Gasteiger partial charge in [0.2, 0.25) is 15.9 Å². The molecule has 1 N–H and O–H groups in total. The summed E-state index contributed by atoms with van der Waals surface area (Å²) < 4.78 is 29.6. The molecule has 7 heteroatoms. The number of anilines is 2. The number of sulfonamides is 1.